The summed E-state index contributed by atoms with van der Waals surface area (Å²) in [4.78, 5) is 0. The van der Waals surface area contributed by atoms with Crippen LogP contribution < -0.4 is 0 Å². The maximum Gasteiger partial charge on any atom is -0.0282 e. The topological polar surface area (TPSA) is 0 Å². The van der Waals surface area contributed by atoms with Gasteiger partial charge < -0.3 is 0 Å². The maximum absolute atomic E-state index is 2.30. The van der Waals surface area contributed by atoms with Gasteiger partial charge in [-0.3, -0.25) is 0 Å². The molecule has 0 fully saturated rings. The molecule has 0 aromatic carbocycles. The average molecular weight is 164 g/mol. The van der Waals surface area contributed by atoms with E-state index in [4.69, 9.17) is 0 Å². The number of allylic oxidation sites excluding steroid dienone is 4. The Balaban J connectivity index is 2.14. The highest BCUT2D eigenvalue weighted by Crippen LogP contribution is 2.19. The first-order chi connectivity index (χ1) is 5.79. The van der Waals surface area contributed by atoms with Crippen molar-refractivity contribution in [3.05, 3.63) is 23.8 Å². The summed E-state index contributed by atoms with van der Waals surface area (Å²) in [7, 11) is 0. The van der Waals surface area contributed by atoms with Gasteiger partial charge in [-0.2, -0.15) is 0 Å². The standard InChI is InChI=1S/C12H20/c1-11(2)7-6-10-12-8-4-3-5-9-12/h3-4,8,11H,5-7,9-10H2,1-2H3. The Hall–Kier alpha value is -0.520. The van der Waals surface area contributed by atoms with Gasteiger partial charge in [0.25, 0.3) is 0 Å². The van der Waals surface area contributed by atoms with E-state index in [0.717, 1.165) is 5.92 Å². The lowest BCUT2D eigenvalue weighted by molar-refractivity contribution is 0.550. The molecule has 0 radical (unpaired) electrons. The SMILES string of the molecule is CC(C)CCCC1=CC=CCC1. The van der Waals surface area contributed by atoms with Crippen molar-refractivity contribution in [1.29, 1.82) is 0 Å². The van der Waals surface area contributed by atoms with Gasteiger partial charge in [-0.25, -0.2) is 0 Å². The van der Waals surface area contributed by atoms with Gasteiger partial charge in [0, 0.05) is 0 Å². The fraction of sp³-hybridized carbons (Fsp3) is 0.667. The van der Waals surface area contributed by atoms with Crippen LogP contribution in [0.3, 0.4) is 0 Å². The van der Waals surface area contributed by atoms with Crippen LogP contribution >= 0.6 is 0 Å². The third kappa shape index (κ3) is 3.75. The Morgan fingerprint density at radius 2 is 2.25 bits per heavy atom. The van der Waals surface area contributed by atoms with Gasteiger partial charge in [0.05, 0.1) is 0 Å². The highest BCUT2D eigenvalue weighted by atomic mass is 14.1. The van der Waals surface area contributed by atoms with Crippen LogP contribution in [0.2, 0.25) is 0 Å². The largest absolute Gasteiger partial charge is 0.0842 e. The van der Waals surface area contributed by atoms with E-state index < -0.39 is 0 Å². The van der Waals surface area contributed by atoms with Gasteiger partial charge in [-0.1, -0.05) is 44.1 Å². The van der Waals surface area contributed by atoms with Gasteiger partial charge in [0.1, 0.15) is 0 Å². The molecule has 0 spiro atoms. The quantitative estimate of drug-likeness (QED) is 0.587. The molecule has 1 rings (SSSR count). The normalized spacial score (nSPS) is 16.8. The molecule has 0 saturated carbocycles. The molecule has 0 aromatic rings. The highest BCUT2D eigenvalue weighted by molar-refractivity contribution is 5.17. The van der Waals surface area contributed by atoms with Crippen LogP contribution in [0.1, 0.15) is 46.0 Å². The molecule has 0 heteroatoms. The molecule has 12 heavy (non-hydrogen) atoms. The monoisotopic (exact) mass is 164 g/mol. The van der Waals surface area contributed by atoms with E-state index in [1.807, 2.05) is 0 Å². The second-order valence-corrected chi connectivity index (χ2v) is 4.08. The van der Waals surface area contributed by atoms with Gasteiger partial charge in [0.2, 0.25) is 0 Å². The zero-order valence-corrected chi connectivity index (χ0v) is 8.34. The summed E-state index contributed by atoms with van der Waals surface area (Å²) in [6, 6.07) is 0. The second kappa shape index (κ2) is 5.18. The lowest BCUT2D eigenvalue weighted by Crippen LogP contribution is -1.91. The van der Waals surface area contributed by atoms with Gasteiger partial charge in [-0.15, -0.1) is 0 Å². The first kappa shape index (κ1) is 9.57. The Labute approximate surface area is 76.4 Å². The summed E-state index contributed by atoms with van der Waals surface area (Å²) in [5.74, 6) is 0.865. The molecular formula is C12H20. The zero-order chi connectivity index (χ0) is 8.81. The summed E-state index contributed by atoms with van der Waals surface area (Å²) in [5.41, 5.74) is 1.65. The predicted molar refractivity (Wildman–Crippen MR) is 55.1 cm³/mol. The van der Waals surface area contributed by atoms with Crippen LogP contribution in [0.25, 0.3) is 0 Å². The predicted octanol–water partition coefficient (Wildman–Crippen LogP) is 4.09. The summed E-state index contributed by atoms with van der Waals surface area (Å²) < 4.78 is 0. The molecule has 68 valence electrons. The third-order valence-electron chi connectivity index (χ3n) is 2.38. The Morgan fingerprint density at radius 3 is 2.83 bits per heavy atom. The molecular weight excluding hydrogens is 144 g/mol. The lowest BCUT2D eigenvalue weighted by atomic mass is 9.97. The molecule has 0 unspecified atom stereocenters. The number of hydrogen-bond acceptors (Lipinski definition) is 0. The molecule has 0 saturated heterocycles. The van der Waals surface area contributed by atoms with Gasteiger partial charge >= 0.3 is 0 Å². The maximum atomic E-state index is 2.30. The summed E-state index contributed by atoms with van der Waals surface area (Å²) in [6.45, 7) is 4.60. The fourth-order valence-corrected chi connectivity index (χ4v) is 1.60. The Kier molecular flexibility index (Phi) is 4.13. The summed E-state index contributed by atoms with van der Waals surface area (Å²) in [6.07, 6.45) is 13.4. The fourth-order valence-electron chi connectivity index (χ4n) is 1.60. The van der Waals surface area contributed by atoms with E-state index in [1.165, 1.54) is 32.1 Å². The molecule has 1 aliphatic rings. The average Bonchev–Trinajstić information content (AvgIpc) is 2.05. The minimum absolute atomic E-state index is 0.865. The number of rotatable bonds is 4. The van der Waals surface area contributed by atoms with E-state index in [0.29, 0.717) is 0 Å². The van der Waals surface area contributed by atoms with Crippen molar-refractivity contribution in [3.8, 4) is 0 Å². The highest BCUT2D eigenvalue weighted by Gasteiger charge is 2.00. The zero-order valence-electron chi connectivity index (χ0n) is 8.34. The van der Waals surface area contributed by atoms with E-state index in [-0.39, 0.29) is 0 Å². The van der Waals surface area contributed by atoms with Crippen LogP contribution in [0.5, 0.6) is 0 Å². The van der Waals surface area contributed by atoms with Crippen molar-refractivity contribution in [2.24, 2.45) is 5.92 Å². The van der Waals surface area contributed by atoms with Gasteiger partial charge in [-0.05, 0) is 31.6 Å². The molecule has 0 aliphatic heterocycles. The van der Waals surface area contributed by atoms with Crippen molar-refractivity contribution in [2.75, 3.05) is 0 Å². The third-order valence-corrected chi connectivity index (χ3v) is 2.38. The van der Waals surface area contributed by atoms with E-state index in [2.05, 4.69) is 32.1 Å². The van der Waals surface area contributed by atoms with Crippen LogP contribution in [-0.4, -0.2) is 0 Å². The van der Waals surface area contributed by atoms with Crippen molar-refractivity contribution in [1.82, 2.24) is 0 Å². The summed E-state index contributed by atoms with van der Waals surface area (Å²) >= 11 is 0. The van der Waals surface area contributed by atoms with Crippen LogP contribution in [-0.2, 0) is 0 Å². The second-order valence-electron chi connectivity index (χ2n) is 4.08. The molecule has 0 atom stereocenters. The van der Waals surface area contributed by atoms with Gasteiger partial charge in [0.15, 0.2) is 0 Å². The molecule has 1 aliphatic carbocycles. The first-order valence-corrected chi connectivity index (χ1v) is 5.13. The Morgan fingerprint density at radius 1 is 1.42 bits per heavy atom. The van der Waals surface area contributed by atoms with Crippen LogP contribution in [0.4, 0.5) is 0 Å². The minimum atomic E-state index is 0.865. The number of hydrogen-bond donors (Lipinski definition) is 0. The smallest absolute Gasteiger partial charge is 0.0282 e. The van der Waals surface area contributed by atoms with Crippen LogP contribution in [0.15, 0.2) is 23.8 Å². The van der Waals surface area contributed by atoms with Crippen molar-refractivity contribution in [2.45, 2.75) is 46.0 Å². The molecule has 0 aromatic heterocycles. The first-order valence-electron chi connectivity index (χ1n) is 5.13. The lowest BCUT2D eigenvalue weighted by Gasteiger charge is -2.09. The molecule has 0 nitrogen and oxygen atoms in total. The van der Waals surface area contributed by atoms with E-state index >= 15 is 0 Å². The van der Waals surface area contributed by atoms with Crippen LogP contribution in [0, 0.1) is 5.92 Å². The van der Waals surface area contributed by atoms with Crippen molar-refractivity contribution < 1.29 is 0 Å². The minimum Gasteiger partial charge on any atom is -0.0842 e. The molecule has 0 heterocycles. The van der Waals surface area contributed by atoms with E-state index in [1.54, 1.807) is 5.57 Å². The van der Waals surface area contributed by atoms with Crippen molar-refractivity contribution >= 4 is 0 Å². The molecule has 0 bridgehead atoms. The Bertz CT molecular complexity index is 172. The molecule has 0 amide bonds. The van der Waals surface area contributed by atoms with E-state index in [9.17, 15) is 0 Å². The van der Waals surface area contributed by atoms with Crippen molar-refractivity contribution in [3.63, 3.8) is 0 Å². The summed E-state index contributed by atoms with van der Waals surface area (Å²) in [5, 5.41) is 0. The molecule has 0 N–H and O–H groups in total.